The van der Waals surface area contributed by atoms with Gasteiger partial charge in [0.15, 0.2) is 0 Å². The molecular weight excluding hydrogens is 350 g/mol. The van der Waals surface area contributed by atoms with E-state index in [4.69, 9.17) is 4.74 Å². The minimum Gasteiger partial charge on any atom is -0.378 e. The number of rotatable bonds is 4. The zero-order valence-electron chi connectivity index (χ0n) is 14.1. The monoisotopic (exact) mass is 369 g/mol. The second kappa shape index (κ2) is 6.93. The van der Waals surface area contributed by atoms with Gasteiger partial charge in [-0.05, 0) is 35.0 Å². The maximum atomic E-state index is 12.7. The second-order valence-electron chi connectivity index (χ2n) is 6.12. The van der Waals surface area contributed by atoms with E-state index in [1.807, 2.05) is 36.4 Å². The van der Waals surface area contributed by atoms with Crippen LogP contribution in [0.5, 0.6) is 0 Å². The standard InChI is InChI=1S/C19H19N3O3S/c23-26(24,18-7-5-15-3-1-2-4-16(15)13-18)21-17-6-8-19(20-14-17)22-9-11-25-12-10-22/h1-8,13-14,21H,9-12H2. The number of hydrogen-bond acceptors (Lipinski definition) is 5. The van der Waals surface area contributed by atoms with E-state index in [1.54, 1.807) is 24.4 Å². The molecule has 7 heteroatoms. The van der Waals surface area contributed by atoms with Gasteiger partial charge in [-0.1, -0.05) is 30.3 Å². The third-order valence-corrected chi connectivity index (χ3v) is 5.75. The third-order valence-electron chi connectivity index (χ3n) is 4.37. The van der Waals surface area contributed by atoms with E-state index < -0.39 is 10.0 Å². The van der Waals surface area contributed by atoms with Crippen molar-refractivity contribution in [1.82, 2.24) is 4.98 Å². The zero-order valence-corrected chi connectivity index (χ0v) is 14.9. The number of sulfonamides is 1. The Kier molecular flexibility index (Phi) is 4.48. The molecule has 2 heterocycles. The highest BCUT2D eigenvalue weighted by molar-refractivity contribution is 7.92. The topological polar surface area (TPSA) is 71.5 Å². The Balaban J connectivity index is 1.54. The van der Waals surface area contributed by atoms with Gasteiger partial charge in [-0.25, -0.2) is 13.4 Å². The number of fused-ring (bicyclic) bond motifs is 1. The summed E-state index contributed by atoms with van der Waals surface area (Å²) in [6, 6.07) is 16.3. The summed E-state index contributed by atoms with van der Waals surface area (Å²) in [5.41, 5.74) is 0.440. The molecule has 0 spiro atoms. The highest BCUT2D eigenvalue weighted by atomic mass is 32.2. The lowest BCUT2D eigenvalue weighted by atomic mass is 10.1. The first kappa shape index (κ1) is 16.8. The van der Waals surface area contributed by atoms with Crippen molar-refractivity contribution in [1.29, 1.82) is 0 Å². The molecule has 1 aliphatic rings. The minimum absolute atomic E-state index is 0.230. The molecule has 134 valence electrons. The van der Waals surface area contributed by atoms with Gasteiger partial charge in [0.25, 0.3) is 10.0 Å². The number of aromatic nitrogens is 1. The van der Waals surface area contributed by atoms with Crippen LogP contribution in [0, 0.1) is 0 Å². The normalized spacial score (nSPS) is 15.2. The third kappa shape index (κ3) is 3.49. The predicted molar refractivity (Wildman–Crippen MR) is 102 cm³/mol. The first-order chi connectivity index (χ1) is 12.6. The summed E-state index contributed by atoms with van der Waals surface area (Å²) in [6.07, 6.45) is 1.55. The van der Waals surface area contributed by atoms with Crippen LogP contribution in [0.25, 0.3) is 10.8 Å². The quantitative estimate of drug-likeness (QED) is 0.766. The second-order valence-corrected chi connectivity index (χ2v) is 7.80. The highest BCUT2D eigenvalue weighted by Crippen LogP contribution is 2.22. The molecule has 4 rings (SSSR count). The van der Waals surface area contributed by atoms with Gasteiger partial charge in [0.1, 0.15) is 5.82 Å². The van der Waals surface area contributed by atoms with E-state index in [-0.39, 0.29) is 4.90 Å². The maximum Gasteiger partial charge on any atom is 0.261 e. The molecule has 1 fully saturated rings. The molecule has 2 aromatic carbocycles. The Morgan fingerprint density at radius 3 is 2.46 bits per heavy atom. The number of nitrogens with zero attached hydrogens (tertiary/aromatic N) is 2. The van der Waals surface area contributed by atoms with Crippen LogP contribution in [0.3, 0.4) is 0 Å². The molecule has 0 unspecified atom stereocenters. The number of anilines is 2. The van der Waals surface area contributed by atoms with E-state index in [2.05, 4.69) is 14.6 Å². The van der Waals surface area contributed by atoms with Crippen LogP contribution in [0.15, 0.2) is 65.7 Å². The number of benzene rings is 2. The predicted octanol–water partition coefficient (Wildman–Crippen LogP) is 2.87. The van der Waals surface area contributed by atoms with Crippen molar-refractivity contribution in [3.05, 3.63) is 60.8 Å². The molecule has 26 heavy (non-hydrogen) atoms. The zero-order chi connectivity index (χ0) is 18.0. The SMILES string of the molecule is O=S(=O)(Nc1ccc(N2CCOCC2)nc1)c1ccc2ccccc2c1. The smallest absolute Gasteiger partial charge is 0.261 e. The van der Waals surface area contributed by atoms with Gasteiger partial charge in [0.05, 0.1) is 30.0 Å². The number of nitrogens with one attached hydrogen (secondary N) is 1. The molecule has 6 nitrogen and oxygen atoms in total. The molecule has 0 bridgehead atoms. The molecule has 0 saturated carbocycles. The average Bonchev–Trinajstić information content (AvgIpc) is 2.68. The van der Waals surface area contributed by atoms with Gasteiger partial charge in [0, 0.05) is 13.1 Å². The lowest BCUT2D eigenvalue weighted by Gasteiger charge is -2.27. The van der Waals surface area contributed by atoms with Crippen LogP contribution in [-0.4, -0.2) is 39.7 Å². The van der Waals surface area contributed by atoms with Gasteiger partial charge in [-0.2, -0.15) is 0 Å². The van der Waals surface area contributed by atoms with Gasteiger partial charge >= 0.3 is 0 Å². The van der Waals surface area contributed by atoms with Gasteiger partial charge in [0.2, 0.25) is 0 Å². The van der Waals surface area contributed by atoms with Crippen molar-refractivity contribution in [2.45, 2.75) is 4.90 Å². The van der Waals surface area contributed by atoms with E-state index in [1.165, 1.54) is 0 Å². The van der Waals surface area contributed by atoms with Crippen LogP contribution in [0.4, 0.5) is 11.5 Å². The first-order valence-electron chi connectivity index (χ1n) is 8.42. The van der Waals surface area contributed by atoms with Crippen molar-refractivity contribution in [2.75, 3.05) is 35.9 Å². The van der Waals surface area contributed by atoms with Gasteiger partial charge < -0.3 is 9.64 Å². The Morgan fingerprint density at radius 2 is 1.73 bits per heavy atom. The minimum atomic E-state index is -3.67. The lowest BCUT2D eigenvalue weighted by Crippen LogP contribution is -2.36. The molecule has 1 aromatic heterocycles. The van der Waals surface area contributed by atoms with Gasteiger partial charge in [-0.15, -0.1) is 0 Å². The van der Waals surface area contributed by atoms with Crippen molar-refractivity contribution in [2.24, 2.45) is 0 Å². The Morgan fingerprint density at radius 1 is 0.962 bits per heavy atom. The van der Waals surface area contributed by atoms with E-state index in [0.717, 1.165) is 29.7 Å². The number of ether oxygens (including phenoxy) is 1. The Bertz CT molecular complexity index is 1010. The van der Waals surface area contributed by atoms with Crippen molar-refractivity contribution in [3.8, 4) is 0 Å². The van der Waals surface area contributed by atoms with Gasteiger partial charge in [-0.3, -0.25) is 4.72 Å². The number of hydrogen-bond donors (Lipinski definition) is 1. The van der Waals surface area contributed by atoms with Crippen molar-refractivity contribution < 1.29 is 13.2 Å². The molecule has 1 N–H and O–H groups in total. The summed E-state index contributed by atoms with van der Waals surface area (Å²) >= 11 is 0. The van der Waals surface area contributed by atoms with E-state index in [0.29, 0.717) is 18.9 Å². The summed E-state index contributed by atoms with van der Waals surface area (Å²) in [5, 5.41) is 1.89. The molecular formula is C19H19N3O3S. The van der Waals surface area contributed by atoms with Crippen LogP contribution in [-0.2, 0) is 14.8 Å². The van der Waals surface area contributed by atoms with Crippen LogP contribution in [0.2, 0.25) is 0 Å². The molecule has 3 aromatic rings. The molecule has 0 amide bonds. The van der Waals surface area contributed by atoms with Crippen LogP contribution < -0.4 is 9.62 Å². The summed E-state index contributed by atoms with van der Waals surface area (Å²) < 4.78 is 33.3. The largest absolute Gasteiger partial charge is 0.378 e. The lowest BCUT2D eigenvalue weighted by molar-refractivity contribution is 0.122. The summed E-state index contributed by atoms with van der Waals surface area (Å²) in [6.45, 7) is 2.93. The number of morpholine rings is 1. The number of pyridine rings is 1. The van der Waals surface area contributed by atoms with Crippen molar-refractivity contribution in [3.63, 3.8) is 0 Å². The fourth-order valence-electron chi connectivity index (χ4n) is 2.97. The van der Waals surface area contributed by atoms with Crippen LogP contribution in [0.1, 0.15) is 0 Å². The molecule has 0 radical (unpaired) electrons. The fraction of sp³-hybridized carbons (Fsp3) is 0.211. The molecule has 1 saturated heterocycles. The molecule has 0 aliphatic carbocycles. The van der Waals surface area contributed by atoms with E-state index >= 15 is 0 Å². The summed E-state index contributed by atoms with van der Waals surface area (Å²) in [4.78, 5) is 6.72. The molecule has 0 atom stereocenters. The Labute approximate surface area is 152 Å². The first-order valence-corrected chi connectivity index (χ1v) is 9.90. The average molecular weight is 369 g/mol. The molecule has 1 aliphatic heterocycles. The van der Waals surface area contributed by atoms with Crippen LogP contribution >= 0.6 is 0 Å². The van der Waals surface area contributed by atoms with E-state index in [9.17, 15) is 8.42 Å². The van der Waals surface area contributed by atoms with Crippen molar-refractivity contribution >= 4 is 32.3 Å². The summed E-state index contributed by atoms with van der Waals surface area (Å²) in [7, 11) is -3.67. The maximum absolute atomic E-state index is 12.7. The fourth-order valence-corrected chi connectivity index (χ4v) is 4.05. The highest BCUT2D eigenvalue weighted by Gasteiger charge is 2.16. The summed E-state index contributed by atoms with van der Waals surface area (Å²) in [5.74, 6) is 0.821. The Hall–Kier alpha value is -2.64.